The second-order valence-corrected chi connectivity index (χ2v) is 6.03. The molecule has 2 heterocycles. The number of benzene rings is 1. The molecule has 0 radical (unpaired) electrons. The van der Waals surface area contributed by atoms with E-state index in [2.05, 4.69) is 27.0 Å². The lowest BCUT2D eigenvalue weighted by atomic mass is 10.1. The Morgan fingerprint density at radius 2 is 2.05 bits per heavy atom. The van der Waals surface area contributed by atoms with E-state index in [4.69, 9.17) is 0 Å². The van der Waals surface area contributed by atoms with Gasteiger partial charge in [-0.25, -0.2) is 4.98 Å². The summed E-state index contributed by atoms with van der Waals surface area (Å²) in [6.45, 7) is 5.35. The molecule has 21 heavy (non-hydrogen) atoms. The van der Waals surface area contributed by atoms with Crippen molar-refractivity contribution in [1.29, 1.82) is 0 Å². The minimum Gasteiger partial charge on any atom is -0.387 e. The molecule has 0 aliphatic carbocycles. The predicted octanol–water partition coefficient (Wildman–Crippen LogP) is 2.84. The van der Waals surface area contributed by atoms with Crippen LogP contribution in [0.25, 0.3) is 4.96 Å². The van der Waals surface area contributed by atoms with Crippen LogP contribution in [0, 0.1) is 13.8 Å². The highest BCUT2D eigenvalue weighted by Gasteiger charge is 2.12. The van der Waals surface area contributed by atoms with Gasteiger partial charge in [-0.1, -0.05) is 30.3 Å². The molecule has 0 aliphatic heterocycles. The second-order valence-electron chi connectivity index (χ2n) is 5.20. The van der Waals surface area contributed by atoms with E-state index in [-0.39, 0.29) is 0 Å². The number of hydrogen-bond donors (Lipinski definition) is 2. The van der Waals surface area contributed by atoms with Crippen molar-refractivity contribution < 1.29 is 5.11 Å². The highest BCUT2D eigenvalue weighted by molar-refractivity contribution is 7.15. The molecule has 1 atom stereocenters. The van der Waals surface area contributed by atoms with Gasteiger partial charge >= 0.3 is 0 Å². The highest BCUT2D eigenvalue weighted by Crippen LogP contribution is 2.20. The molecule has 110 valence electrons. The fourth-order valence-electron chi connectivity index (χ4n) is 2.50. The number of nitrogens with zero attached hydrogens (tertiary/aromatic N) is 2. The number of fused-ring (bicyclic) bond motifs is 1. The van der Waals surface area contributed by atoms with E-state index in [1.54, 1.807) is 11.3 Å². The maximum Gasteiger partial charge on any atom is 0.194 e. The normalized spacial score (nSPS) is 12.9. The van der Waals surface area contributed by atoms with Crippen LogP contribution >= 0.6 is 11.3 Å². The molecule has 0 amide bonds. The molecule has 0 spiro atoms. The summed E-state index contributed by atoms with van der Waals surface area (Å²) in [6.07, 6.45) is -0.488. The average Bonchev–Trinajstić information content (AvgIpc) is 3.00. The van der Waals surface area contributed by atoms with Crippen LogP contribution in [0.15, 0.2) is 35.7 Å². The van der Waals surface area contributed by atoms with Crippen molar-refractivity contribution in [2.75, 3.05) is 6.54 Å². The van der Waals surface area contributed by atoms with E-state index in [1.165, 1.54) is 11.4 Å². The van der Waals surface area contributed by atoms with Crippen LogP contribution in [-0.2, 0) is 6.54 Å². The Bertz CT molecular complexity index is 733. The molecule has 0 saturated heterocycles. The molecule has 0 bridgehead atoms. The Morgan fingerprint density at radius 3 is 2.81 bits per heavy atom. The summed E-state index contributed by atoms with van der Waals surface area (Å²) < 4.78 is 2.18. The lowest BCUT2D eigenvalue weighted by Crippen LogP contribution is -2.22. The third kappa shape index (κ3) is 2.85. The van der Waals surface area contributed by atoms with Gasteiger partial charge in [0.2, 0.25) is 0 Å². The van der Waals surface area contributed by atoms with E-state index >= 15 is 0 Å². The van der Waals surface area contributed by atoms with Crippen molar-refractivity contribution in [1.82, 2.24) is 14.7 Å². The van der Waals surface area contributed by atoms with Crippen LogP contribution in [0.1, 0.15) is 28.7 Å². The maximum absolute atomic E-state index is 10.2. The fraction of sp³-hybridized carbons (Fsp3) is 0.312. The minimum absolute atomic E-state index is 0.488. The summed E-state index contributed by atoms with van der Waals surface area (Å²) in [6, 6.07) is 9.72. The minimum atomic E-state index is -0.488. The lowest BCUT2D eigenvalue weighted by Gasteiger charge is -2.12. The Labute approximate surface area is 128 Å². The van der Waals surface area contributed by atoms with Crippen LogP contribution in [0.2, 0.25) is 0 Å². The van der Waals surface area contributed by atoms with E-state index < -0.39 is 6.10 Å². The lowest BCUT2D eigenvalue weighted by molar-refractivity contribution is 0.174. The largest absolute Gasteiger partial charge is 0.387 e. The van der Waals surface area contributed by atoms with Crippen LogP contribution in [0.3, 0.4) is 0 Å². The van der Waals surface area contributed by atoms with Crippen LogP contribution in [-0.4, -0.2) is 21.0 Å². The molecule has 0 fully saturated rings. The molecular weight excluding hydrogens is 282 g/mol. The molecule has 0 aliphatic rings. The highest BCUT2D eigenvalue weighted by atomic mass is 32.1. The SMILES string of the molecule is Cc1nc2scc(C)n2c1CNCC(O)c1ccccc1. The Hall–Kier alpha value is -1.69. The van der Waals surface area contributed by atoms with Crippen LogP contribution in [0.5, 0.6) is 0 Å². The van der Waals surface area contributed by atoms with Crippen LogP contribution in [0.4, 0.5) is 0 Å². The molecule has 3 aromatic rings. The van der Waals surface area contributed by atoms with Gasteiger partial charge in [0.05, 0.1) is 17.5 Å². The monoisotopic (exact) mass is 301 g/mol. The predicted molar refractivity (Wildman–Crippen MR) is 85.7 cm³/mol. The Balaban J connectivity index is 1.67. The van der Waals surface area contributed by atoms with Gasteiger partial charge in [0.15, 0.2) is 4.96 Å². The molecule has 0 saturated carbocycles. The van der Waals surface area contributed by atoms with Gasteiger partial charge in [0.25, 0.3) is 0 Å². The molecule has 1 aromatic carbocycles. The summed E-state index contributed by atoms with van der Waals surface area (Å²) in [4.78, 5) is 5.60. The van der Waals surface area contributed by atoms with Gasteiger partial charge in [-0.3, -0.25) is 4.40 Å². The van der Waals surface area contributed by atoms with E-state index in [9.17, 15) is 5.11 Å². The van der Waals surface area contributed by atoms with Crippen molar-refractivity contribution >= 4 is 16.3 Å². The number of aliphatic hydroxyl groups excluding tert-OH is 1. The summed E-state index contributed by atoms with van der Waals surface area (Å²) in [5.41, 5.74) is 4.36. The summed E-state index contributed by atoms with van der Waals surface area (Å²) >= 11 is 1.66. The topological polar surface area (TPSA) is 49.6 Å². The van der Waals surface area contributed by atoms with Gasteiger partial charge in [-0.2, -0.15) is 0 Å². The van der Waals surface area contributed by atoms with E-state index in [0.717, 1.165) is 16.2 Å². The molecule has 2 N–H and O–H groups in total. The maximum atomic E-state index is 10.2. The molecule has 4 nitrogen and oxygen atoms in total. The molecule has 5 heteroatoms. The first-order valence-electron chi connectivity index (χ1n) is 7.02. The fourth-order valence-corrected chi connectivity index (χ4v) is 3.43. The average molecular weight is 301 g/mol. The summed E-state index contributed by atoms with van der Waals surface area (Å²) in [7, 11) is 0. The number of aliphatic hydroxyl groups is 1. The molecule has 3 rings (SSSR count). The smallest absolute Gasteiger partial charge is 0.194 e. The Kier molecular flexibility index (Phi) is 4.05. The second kappa shape index (κ2) is 5.97. The zero-order valence-electron chi connectivity index (χ0n) is 12.2. The molecule has 2 aromatic heterocycles. The number of aromatic nitrogens is 2. The first-order chi connectivity index (χ1) is 10.2. The van der Waals surface area contributed by atoms with Gasteiger partial charge in [0.1, 0.15) is 0 Å². The van der Waals surface area contributed by atoms with E-state index in [0.29, 0.717) is 13.1 Å². The molecular formula is C16H19N3OS. The third-order valence-corrected chi connectivity index (χ3v) is 4.59. The number of aryl methyl sites for hydroxylation is 2. The zero-order valence-corrected chi connectivity index (χ0v) is 13.0. The quantitative estimate of drug-likeness (QED) is 0.762. The van der Waals surface area contributed by atoms with E-state index in [1.807, 2.05) is 37.3 Å². The van der Waals surface area contributed by atoms with Gasteiger partial charge < -0.3 is 10.4 Å². The number of hydrogen-bond acceptors (Lipinski definition) is 4. The summed E-state index contributed by atoms with van der Waals surface area (Å²) in [5.74, 6) is 0. The van der Waals surface area contributed by atoms with Crippen molar-refractivity contribution in [3.8, 4) is 0 Å². The first-order valence-corrected chi connectivity index (χ1v) is 7.90. The van der Waals surface area contributed by atoms with Crippen molar-refractivity contribution in [3.63, 3.8) is 0 Å². The number of thiazole rings is 1. The summed E-state index contributed by atoms with van der Waals surface area (Å²) in [5, 5.41) is 15.6. The van der Waals surface area contributed by atoms with Crippen molar-refractivity contribution in [3.05, 3.63) is 58.4 Å². The van der Waals surface area contributed by atoms with Gasteiger partial charge in [-0.15, -0.1) is 11.3 Å². The van der Waals surface area contributed by atoms with Crippen molar-refractivity contribution in [2.24, 2.45) is 0 Å². The Morgan fingerprint density at radius 1 is 1.29 bits per heavy atom. The standard InChI is InChI=1S/C16H19N3OS/c1-11-10-21-16-18-12(2)14(19(11)16)8-17-9-15(20)13-6-4-3-5-7-13/h3-7,10,15,17,20H,8-9H2,1-2H3. The number of nitrogens with one attached hydrogen (secondary N) is 1. The number of rotatable bonds is 5. The third-order valence-electron chi connectivity index (χ3n) is 3.64. The first kappa shape index (κ1) is 14.3. The zero-order chi connectivity index (χ0) is 14.8. The number of imidazole rings is 1. The van der Waals surface area contributed by atoms with Crippen LogP contribution < -0.4 is 5.32 Å². The van der Waals surface area contributed by atoms with Gasteiger partial charge in [-0.05, 0) is 19.4 Å². The molecule has 1 unspecified atom stereocenters. The van der Waals surface area contributed by atoms with Crippen molar-refractivity contribution in [2.45, 2.75) is 26.5 Å². The van der Waals surface area contributed by atoms with Gasteiger partial charge in [0, 0.05) is 24.2 Å².